The van der Waals surface area contributed by atoms with Gasteiger partial charge in [0.1, 0.15) is 5.82 Å². The predicted octanol–water partition coefficient (Wildman–Crippen LogP) is 2.21. The van der Waals surface area contributed by atoms with E-state index in [4.69, 9.17) is 0 Å². The molecule has 1 aromatic carbocycles. The van der Waals surface area contributed by atoms with Crippen LogP contribution >= 0.6 is 12.4 Å². The van der Waals surface area contributed by atoms with E-state index in [-0.39, 0.29) is 30.0 Å². The predicted molar refractivity (Wildman–Crippen MR) is 75.7 cm³/mol. The maximum Gasteiger partial charge on any atom is 0.227 e. The molecule has 0 aliphatic carbocycles. The number of nitrogens with one attached hydrogen (secondary N) is 1. The summed E-state index contributed by atoms with van der Waals surface area (Å²) in [6, 6.07) is 6.60. The lowest BCUT2D eigenvalue weighted by atomic mass is 9.98. The van der Waals surface area contributed by atoms with Gasteiger partial charge in [0.2, 0.25) is 5.91 Å². The van der Waals surface area contributed by atoms with Crippen LogP contribution < -0.4 is 5.32 Å². The monoisotopic (exact) mass is 286 g/mol. The Balaban J connectivity index is 0.00000180. The second-order valence-electron chi connectivity index (χ2n) is 4.83. The molecule has 1 unspecified atom stereocenters. The van der Waals surface area contributed by atoms with Gasteiger partial charge in [-0.15, -0.1) is 12.4 Å². The molecule has 19 heavy (non-hydrogen) atoms. The van der Waals surface area contributed by atoms with E-state index in [2.05, 4.69) is 5.32 Å². The van der Waals surface area contributed by atoms with Crippen LogP contribution in [0.4, 0.5) is 4.39 Å². The molecular formula is C14H20ClFN2O. The number of piperidine rings is 1. The first-order valence-electron chi connectivity index (χ1n) is 6.37. The van der Waals surface area contributed by atoms with Gasteiger partial charge < -0.3 is 10.2 Å². The summed E-state index contributed by atoms with van der Waals surface area (Å²) < 4.78 is 13.5. The van der Waals surface area contributed by atoms with Gasteiger partial charge in [-0.3, -0.25) is 4.79 Å². The summed E-state index contributed by atoms with van der Waals surface area (Å²) in [6.45, 7) is 2.06. The zero-order chi connectivity index (χ0) is 13.0. The summed E-state index contributed by atoms with van der Waals surface area (Å²) in [4.78, 5) is 13.8. The molecule has 1 N–H and O–H groups in total. The van der Waals surface area contributed by atoms with E-state index in [9.17, 15) is 9.18 Å². The summed E-state index contributed by atoms with van der Waals surface area (Å²) in [5.74, 6) is -0.111. The van der Waals surface area contributed by atoms with Gasteiger partial charge in [-0.1, -0.05) is 18.2 Å². The number of amides is 1. The highest BCUT2D eigenvalue weighted by atomic mass is 35.5. The number of halogens is 2. The van der Waals surface area contributed by atoms with Crippen LogP contribution in [0.5, 0.6) is 0 Å². The lowest BCUT2D eigenvalue weighted by molar-refractivity contribution is -0.135. The van der Waals surface area contributed by atoms with Crippen LogP contribution in [0.25, 0.3) is 0 Å². The Morgan fingerprint density at radius 2 is 2.21 bits per heavy atom. The fourth-order valence-corrected chi connectivity index (χ4v) is 2.33. The zero-order valence-electron chi connectivity index (χ0n) is 11.1. The smallest absolute Gasteiger partial charge is 0.227 e. The van der Waals surface area contributed by atoms with Crippen molar-refractivity contribution in [1.29, 1.82) is 0 Å². The second kappa shape index (κ2) is 7.46. The van der Waals surface area contributed by atoms with E-state index in [0.717, 1.165) is 25.9 Å². The number of carbonyl (C=O) groups is 1. The Hall–Kier alpha value is -1.13. The average molecular weight is 287 g/mol. The van der Waals surface area contributed by atoms with Crippen molar-refractivity contribution >= 4 is 18.3 Å². The van der Waals surface area contributed by atoms with E-state index >= 15 is 0 Å². The van der Waals surface area contributed by atoms with Crippen molar-refractivity contribution in [1.82, 2.24) is 10.2 Å². The molecule has 0 aromatic heterocycles. The third-order valence-corrected chi connectivity index (χ3v) is 3.39. The number of hydrogen-bond donors (Lipinski definition) is 1. The highest BCUT2D eigenvalue weighted by molar-refractivity contribution is 5.85. The van der Waals surface area contributed by atoms with E-state index in [1.165, 1.54) is 6.07 Å². The van der Waals surface area contributed by atoms with Crippen LogP contribution in [0.15, 0.2) is 24.3 Å². The highest BCUT2D eigenvalue weighted by Gasteiger charge is 2.24. The molecule has 1 heterocycles. The first kappa shape index (κ1) is 15.9. The maximum absolute atomic E-state index is 13.5. The van der Waals surface area contributed by atoms with Crippen LogP contribution in [-0.2, 0) is 11.3 Å². The van der Waals surface area contributed by atoms with Gasteiger partial charge in [-0.05, 0) is 25.5 Å². The Morgan fingerprint density at radius 3 is 2.84 bits per heavy atom. The molecule has 5 heteroatoms. The van der Waals surface area contributed by atoms with Gasteiger partial charge in [0, 0.05) is 25.7 Å². The molecule has 1 atom stereocenters. The zero-order valence-corrected chi connectivity index (χ0v) is 11.9. The van der Waals surface area contributed by atoms with Gasteiger partial charge in [0.05, 0.1) is 5.92 Å². The molecule has 0 saturated carbocycles. The van der Waals surface area contributed by atoms with E-state index in [0.29, 0.717) is 12.1 Å². The molecule has 0 bridgehead atoms. The minimum absolute atomic E-state index is 0. The molecule has 1 saturated heterocycles. The van der Waals surface area contributed by atoms with E-state index in [1.54, 1.807) is 30.1 Å². The molecule has 1 aromatic rings. The summed E-state index contributed by atoms with van der Waals surface area (Å²) in [6.07, 6.45) is 1.96. The average Bonchev–Trinajstić information content (AvgIpc) is 2.41. The fraction of sp³-hybridized carbons (Fsp3) is 0.500. The van der Waals surface area contributed by atoms with Crippen molar-refractivity contribution in [2.75, 3.05) is 20.1 Å². The van der Waals surface area contributed by atoms with Crippen molar-refractivity contribution in [3.8, 4) is 0 Å². The summed E-state index contributed by atoms with van der Waals surface area (Å²) in [5.41, 5.74) is 0.567. The third-order valence-electron chi connectivity index (χ3n) is 3.39. The lowest BCUT2D eigenvalue weighted by Gasteiger charge is -2.27. The molecule has 1 aliphatic rings. The molecule has 106 valence electrons. The first-order chi connectivity index (χ1) is 8.68. The number of carbonyl (C=O) groups excluding carboxylic acids is 1. The molecule has 0 radical (unpaired) electrons. The molecule has 0 spiro atoms. The Kier molecular flexibility index (Phi) is 6.25. The van der Waals surface area contributed by atoms with Crippen LogP contribution in [0.1, 0.15) is 18.4 Å². The number of rotatable bonds is 3. The third kappa shape index (κ3) is 4.18. The van der Waals surface area contributed by atoms with Crippen molar-refractivity contribution < 1.29 is 9.18 Å². The van der Waals surface area contributed by atoms with E-state index in [1.807, 2.05) is 0 Å². The number of hydrogen-bond acceptors (Lipinski definition) is 2. The Morgan fingerprint density at radius 1 is 1.47 bits per heavy atom. The van der Waals surface area contributed by atoms with E-state index < -0.39 is 0 Å². The number of nitrogens with zero attached hydrogens (tertiary/aromatic N) is 1. The molecule has 1 amide bonds. The maximum atomic E-state index is 13.5. The van der Waals surface area contributed by atoms with Crippen molar-refractivity contribution in [3.63, 3.8) is 0 Å². The van der Waals surface area contributed by atoms with Gasteiger partial charge >= 0.3 is 0 Å². The van der Waals surface area contributed by atoms with Crippen LogP contribution in [0.2, 0.25) is 0 Å². The second-order valence-corrected chi connectivity index (χ2v) is 4.83. The highest BCUT2D eigenvalue weighted by Crippen LogP contribution is 2.15. The summed E-state index contributed by atoms with van der Waals surface area (Å²) in [5, 5.41) is 3.22. The van der Waals surface area contributed by atoms with Crippen molar-refractivity contribution in [2.24, 2.45) is 5.92 Å². The molecule has 1 aliphatic heterocycles. The Labute approximate surface area is 119 Å². The largest absolute Gasteiger partial charge is 0.341 e. The summed E-state index contributed by atoms with van der Waals surface area (Å²) in [7, 11) is 1.74. The van der Waals surface area contributed by atoms with Crippen molar-refractivity contribution in [2.45, 2.75) is 19.4 Å². The van der Waals surface area contributed by atoms with Gasteiger partial charge in [0.15, 0.2) is 0 Å². The van der Waals surface area contributed by atoms with Crippen LogP contribution in [0.3, 0.4) is 0 Å². The van der Waals surface area contributed by atoms with Gasteiger partial charge in [-0.25, -0.2) is 4.39 Å². The van der Waals surface area contributed by atoms with Crippen LogP contribution in [0, 0.1) is 11.7 Å². The SMILES string of the molecule is CN(Cc1ccccc1F)C(=O)C1CCCNC1.Cl. The number of benzene rings is 1. The van der Waals surface area contributed by atoms with Crippen molar-refractivity contribution in [3.05, 3.63) is 35.6 Å². The normalized spacial score (nSPS) is 18.5. The molecule has 2 rings (SSSR count). The Bertz CT molecular complexity index is 422. The first-order valence-corrected chi connectivity index (χ1v) is 6.37. The molecular weight excluding hydrogens is 267 g/mol. The molecule has 3 nitrogen and oxygen atoms in total. The lowest BCUT2D eigenvalue weighted by Crippen LogP contribution is -2.41. The minimum Gasteiger partial charge on any atom is -0.341 e. The van der Waals surface area contributed by atoms with Crippen LogP contribution in [-0.4, -0.2) is 30.9 Å². The quantitative estimate of drug-likeness (QED) is 0.924. The molecule has 1 fully saturated rings. The minimum atomic E-state index is -0.251. The topological polar surface area (TPSA) is 32.3 Å². The standard InChI is InChI=1S/C14H19FN2O.ClH/c1-17(10-12-5-2-3-7-13(12)15)14(18)11-6-4-8-16-9-11;/h2-3,5,7,11,16H,4,6,8-10H2,1H3;1H. The van der Waals surface area contributed by atoms with Gasteiger partial charge in [0.25, 0.3) is 0 Å². The fourth-order valence-electron chi connectivity index (χ4n) is 2.33. The summed E-state index contributed by atoms with van der Waals surface area (Å²) >= 11 is 0. The van der Waals surface area contributed by atoms with Gasteiger partial charge in [-0.2, -0.15) is 0 Å².